The Morgan fingerprint density at radius 1 is 0.958 bits per heavy atom. The first-order valence-electron chi connectivity index (χ1n) is 6.65. The van der Waals surface area contributed by atoms with Crippen molar-refractivity contribution in [2.24, 2.45) is 17.2 Å². The first-order chi connectivity index (χ1) is 10.9. The van der Waals surface area contributed by atoms with Crippen LogP contribution in [0, 0.1) is 0 Å². The van der Waals surface area contributed by atoms with Gasteiger partial charge in [-0.25, -0.2) is 0 Å². The Morgan fingerprint density at radius 3 is 1.50 bits per heavy atom. The Bertz CT molecular complexity index is 370. The molecule has 0 aliphatic carbocycles. The van der Waals surface area contributed by atoms with E-state index in [0.29, 0.717) is 6.42 Å². The van der Waals surface area contributed by atoms with Crippen LogP contribution in [0.4, 0.5) is 0 Å². The fraction of sp³-hybridized carbons (Fsp3) is 0.750. The Morgan fingerprint density at radius 2 is 1.38 bits per heavy atom. The zero-order chi connectivity index (χ0) is 19.9. The number of aliphatic carboxylic acids is 3. The van der Waals surface area contributed by atoms with E-state index in [1.165, 1.54) is 6.92 Å². The summed E-state index contributed by atoms with van der Waals surface area (Å²) in [5.74, 6) is -2.46. The molecule has 0 spiro atoms. The Hall–Kier alpha value is -1.44. The third-order valence-corrected chi connectivity index (χ3v) is 2.91. The fourth-order valence-electron chi connectivity index (χ4n) is 0.653. The van der Waals surface area contributed by atoms with E-state index >= 15 is 0 Å². The van der Waals surface area contributed by atoms with Crippen molar-refractivity contribution in [3.8, 4) is 0 Å². The van der Waals surface area contributed by atoms with Crippen molar-refractivity contribution >= 4 is 29.7 Å². The number of hydrogen-bond donors (Lipinski definition) is 8. The lowest BCUT2D eigenvalue weighted by atomic mass is 10.2. The topological polar surface area (TPSA) is 230 Å². The Kier molecular flexibility index (Phi) is 18.8. The molecule has 4 atom stereocenters. The summed E-state index contributed by atoms with van der Waals surface area (Å²) in [6.45, 7) is 0.827. The summed E-state index contributed by atoms with van der Waals surface area (Å²) in [4.78, 5) is 29.6. The molecule has 0 amide bonds. The quantitative estimate of drug-likeness (QED) is 0.217. The minimum absolute atomic E-state index is 0.505. The predicted octanol–water partition coefficient (Wildman–Crippen LogP) is -2.68. The van der Waals surface area contributed by atoms with Crippen LogP contribution in [0.1, 0.15) is 13.3 Å². The number of hydrogen-bond acceptors (Lipinski definition) is 9. The molecular weight excluding hydrogens is 346 g/mol. The van der Waals surface area contributed by atoms with Crippen molar-refractivity contribution in [1.82, 2.24) is 0 Å². The van der Waals surface area contributed by atoms with Gasteiger partial charge in [-0.1, -0.05) is 0 Å². The minimum Gasteiger partial charge on any atom is -0.480 e. The molecule has 0 aromatic rings. The number of nitrogens with two attached hydrogens (primary N) is 3. The van der Waals surface area contributed by atoms with E-state index in [0.717, 1.165) is 5.75 Å². The lowest BCUT2D eigenvalue weighted by Gasteiger charge is -2.06. The zero-order valence-corrected chi connectivity index (χ0v) is 14.3. The van der Waals surface area contributed by atoms with Gasteiger partial charge in [-0.3, -0.25) is 14.4 Å². The Balaban J connectivity index is -0.000000278. The van der Waals surface area contributed by atoms with Crippen LogP contribution < -0.4 is 17.2 Å². The number of aliphatic hydroxyl groups excluding tert-OH is 2. The van der Waals surface area contributed by atoms with E-state index in [4.69, 9.17) is 42.7 Å². The average Bonchev–Trinajstić information content (AvgIpc) is 2.51. The van der Waals surface area contributed by atoms with E-state index in [1.54, 1.807) is 11.8 Å². The summed E-state index contributed by atoms with van der Waals surface area (Å²) in [5.41, 5.74) is 14.9. The van der Waals surface area contributed by atoms with Crippen LogP contribution in [0.15, 0.2) is 0 Å². The number of carboxylic acid groups (broad SMARTS) is 3. The van der Waals surface area contributed by atoms with Crippen LogP contribution >= 0.6 is 11.8 Å². The number of carboxylic acids is 3. The van der Waals surface area contributed by atoms with Crippen molar-refractivity contribution in [2.75, 3.05) is 18.6 Å². The van der Waals surface area contributed by atoms with E-state index in [-0.39, 0.29) is 0 Å². The Labute approximate surface area is 143 Å². The normalized spacial score (nSPS) is 14.6. The molecule has 0 unspecified atom stereocenters. The standard InChI is InChI=1S/C5H11NO2S.C4H9NO3.C3H7NO3/c1-9-3-2-4(6)5(7)8;1-2(6)3(5)4(7)8;4-2(1-5)3(6)7/h4H,2-3,6H2,1H3,(H,7,8);2-3,6H,5H2,1H3,(H,7,8);2,5H,1,4H2,(H,6,7)/t4-;2-,3+;2-/m010/s1. The van der Waals surface area contributed by atoms with Crippen LogP contribution in [-0.4, -0.2) is 86.3 Å². The molecule has 0 radical (unpaired) electrons. The first kappa shape index (κ1) is 27.4. The molecule has 11 N–H and O–H groups in total. The van der Waals surface area contributed by atoms with Gasteiger partial charge in [-0.05, 0) is 25.4 Å². The summed E-state index contributed by atoms with van der Waals surface area (Å²) in [6.07, 6.45) is 1.50. The molecular formula is C12H27N3O8S. The summed E-state index contributed by atoms with van der Waals surface area (Å²) >= 11 is 1.60. The highest BCUT2D eigenvalue weighted by molar-refractivity contribution is 7.98. The predicted molar refractivity (Wildman–Crippen MR) is 88.6 cm³/mol. The van der Waals surface area contributed by atoms with E-state index in [2.05, 4.69) is 0 Å². The van der Waals surface area contributed by atoms with Crippen LogP contribution in [-0.2, 0) is 14.4 Å². The SMILES string of the molecule is CSCC[C@H](N)C(=O)O.C[C@@H](O)[C@H](N)C(=O)O.N[C@@H](CO)C(=O)O. The molecule has 144 valence electrons. The molecule has 0 saturated carbocycles. The largest absolute Gasteiger partial charge is 0.480 e. The van der Waals surface area contributed by atoms with E-state index in [9.17, 15) is 14.4 Å². The second-order valence-corrected chi connectivity index (χ2v) is 5.44. The maximum Gasteiger partial charge on any atom is 0.323 e. The van der Waals surface area contributed by atoms with E-state index < -0.39 is 48.7 Å². The molecule has 0 bridgehead atoms. The van der Waals surface area contributed by atoms with Crippen LogP contribution in [0.2, 0.25) is 0 Å². The van der Waals surface area contributed by atoms with Crippen LogP contribution in [0.25, 0.3) is 0 Å². The third kappa shape index (κ3) is 18.6. The highest BCUT2D eigenvalue weighted by Crippen LogP contribution is 1.97. The van der Waals surface area contributed by atoms with Gasteiger partial charge >= 0.3 is 17.9 Å². The first-order valence-corrected chi connectivity index (χ1v) is 8.04. The van der Waals surface area contributed by atoms with Gasteiger partial charge in [0.2, 0.25) is 0 Å². The molecule has 0 aromatic heterocycles. The number of rotatable bonds is 8. The summed E-state index contributed by atoms with van der Waals surface area (Å²) in [5, 5.41) is 40.7. The van der Waals surface area contributed by atoms with Crippen molar-refractivity contribution in [3.63, 3.8) is 0 Å². The molecule has 0 aliphatic heterocycles. The fourth-order valence-corrected chi connectivity index (χ4v) is 1.14. The summed E-state index contributed by atoms with van der Waals surface area (Å²) in [6, 6.07) is -2.97. The smallest absolute Gasteiger partial charge is 0.323 e. The minimum atomic E-state index is -1.18. The van der Waals surface area contributed by atoms with E-state index in [1.807, 2.05) is 6.26 Å². The van der Waals surface area contributed by atoms with Gasteiger partial charge < -0.3 is 42.7 Å². The highest BCUT2D eigenvalue weighted by atomic mass is 32.2. The molecule has 24 heavy (non-hydrogen) atoms. The number of thioether (sulfide) groups is 1. The highest BCUT2D eigenvalue weighted by Gasteiger charge is 2.16. The van der Waals surface area contributed by atoms with Crippen molar-refractivity contribution in [2.45, 2.75) is 37.6 Å². The maximum atomic E-state index is 10.1. The lowest BCUT2D eigenvalue weighted by Crippen LogP contribution is -2.39. The molecule has 12 heteroatoms. The third-order valence-electron chi connectivity index (χ3n) is 2.27. The number of aliphatic hydroxyl groups is 2. The molecule has 0 aromatic carbocycles. The van der Waals surface area contributed by atoms with Crippen LogP contribution in [0.3, 0.4) is 0 Å². The molecule has 0 heterocycles. The maximum absolute atomic E-state index is 10.1. The second kappa shape index (κ2) is 16.4. The monoisotopic (exact) mass is 373 g/mol. The molecule has 0 saturated heterocycles. The molecule has 0 fully saturated rings. The van der Waals surface area contributed by atoms with Gasteiger partial charge in [0.1, 0.15) is 18.1 Å². The van der Waals surface area contributed by atoms with Gasteiger partial charge in [0.25, 0.3) is 0 Å². The van der Waals surface area contributed by atoms with Gasteiger partial charge in [0.05, 0.1) is 12.7 Å². The van der Waals surface area contributed by atoms with Gasteiger partial charge in [0.15, 0.2) is 0 Å². The summed E-state index contributed by atoms with van der Waals surface area (Å²) < 4.78 is 0. The van der Waals surface area contributed by atoms with Gasteiger partial charge in [0, 0.05) is 0 Å². The van der Waals surface area contributed by atoms with Crippen molar-refractivity contribution in [3.05, 3.63) is 0 Å². The molecule has 11 nitrogen and oxygen atoms in total. The zero-order valence-electron chi connectivity index (χ0n) is 13.5. The van der Waals surface area contributed by atoms with Gasteiger partial charge in [-0.2, -0.15) is 11.8 Å². The number of carbonyl (C=O) groups is 3. The van der Waals surface area contributed by atoms with Crippen molar-refractivity contribution in [1.29, 1.82) is 0 Å². The average molecular weight is 373 g/mol. The lowest BCUT2D eigenvalue weighted by molar-refractivity contribution is -0.141. The molecule has 0 rings (SSSR count). The summed E-state index contributed by atoms with van der Waals surface area (Å²) in [7, 11) is 0. The van der Waals surface area contributed by atoms with Gasteiger partial charge in [-0.15, -0.1) is 0 Å². The second-order valence-electron chi connectivity index (χ2n) is 4.46. The van der Waals surface area contributed by atoms with Crippen LogP contribution in [0.5, 0.6) is 0 Å². The molecule has 0 aliphatic rings. The van der Waals surface area contributed by atoms with Crippen molar-refractivity contribution < 1.29 is 39.9 Å².